The minimum atomic E-state index is -0.749. The summed E-state index contributed by atoms with van der Waals surface area (Å²) in [4.78, 5) is 19.4. The Hall–Kier alpha value is -1.43. The van der Waals surface area contributed by atoms with Gasteiger partial charge < -0.3 is 4.74 Å². The summed E-state index contributed by atoms with van der Waals surface area (Å²) in [5.41, 5.74) is 2.66. The van der Waals surface area contributed by atoms with Crippen molar-refractivity contribution in [1.82, 2.24) is 10.4 Å². The molecule has 1 heterocycles. The maximum atomic E-state index is 12.4. The van der Waals surface area contributed by atoms with E-state index < -0.39 is 5.54 Å². The van der Waals surface area contributed by atoms with Gasteiger partial charge >= 0.3 is 0 Å². The number of carbonyl (C=O) groups is 1. The highest BCUT2D eigenvalue weighted by molar-refractivity contribution is 5.86. The molecule has 5 nitrogen and oxygen atoms in total. The molecule has 0 spiro atoms. The molecule has 1 fully saturated rings. The molecule has 1 saturated heterocycles. The Labute approximate surface area is 113 Å². The first-order chi connectivity index (χ1) is 9.19. The first-order valence-electron chi connectivity index (χ1n) is 6.41. The molecule has 0 aliphatic carbocycles. The molecule has 2 rings (SSSR count). The van der Waals surface area contributed by atoms with Gasteiger partial charge in [-0.1, -0.05) is 30.3 Å². The van der Waals surface area contributed by atoms with E-state index in [0.717, 1.165) is 18.7 Å². The number of morpholine rings is 1. The van der Waals surface area contributed by atoms with E-state index in [9.17, 15) is 4.79 Å². The highest BCUT2D eigenvalue weighted by atomic mass is 16.6. The minimum absolute atomic E-state index is 0.164. The molecular weight excluding hydrogens is 244 g/mol. The van der Waals surface area contributed by atoms with Gasteiger partial charge in [-0.2, -0.15) is 0 Å². The van der Waals surface area contributed by atoms with E-state index >= 15 is 0 Å². The highest BCUT2D eigenvalue weighted by Gasteiger charge is 2.41. The molecule has 104 valence electrons. The lowest BCUT2D eigenvalue weighted by molar-refractivity contribution is -0.147. The van der Waals surface area contributed by atoms with E-state index in [2.05, 4.69) is 10.4 Å². The number of carbonyl (C=O) groups excluding carboxylic acids is 1. The number of benzene rings is 1. The van der Waals surface area contributed by atoms with Crippen LogP contribution in [0.25, 0.3) is 0 Å². The number of nitrogens with one attached hydrogen (secondary N) is 1. The smallest absolute Gasteiger partial charge is 0.268 e. The summed E-state index contributed by atoms with van der Waals surface area (Å²) in [5.74, 6) is -0.164. The van der Waals surface area contributed by atoms with Gasteiger partial charge in [-0.25, -0.2) is 5.48 Å². The van der Waals surface area contributed by atoms with E-state index in [4.69, 9.17) is 9.57 Å². The van der Waals surface area contributed by atoms with Crippen molar-refractivity contribution >= 4 is 5.91 Å². The first-order valence-corrected chi connectivity index (χ1v) is 6.41. The predicted molar refractivity (Wildman–Crippen MR) is 71.3 cm³/mol. The Morgan fingerprint density at radius 3 is 2.53 bits per heavy atom. The Kier molecular flexibility index (Phi) is 4.52. The van der Waals surface area contributed by atoms with Gasteiger partial charge in [0.05, 0.1) is 20.3 Å². The Bertz CT molecular complexity index is 418. The minimum Gasteiger partial charge on any atom is -0.379 e. The third-order valence-corrected chi connectivity index (χ3v) is 3.62. The molecule has 1 unspecified atom stereocenters. The second kappa shape index (κ2) is 6.14. The van der Waals surface area contributed by atoms with Crippen molar-refractivity contribution in [2.24, 2.45) is 0 Å². The maximum absolute atomic E-state index is 12.4. The highest BCUT2D eigenvalue weighted by Crippen LogP contribution is 2.29. The quantitative estimate of drug-likeness (QED) is 0.821. The molecular formula is C14H20N2O3. The lowest BCUT2D eigenvalue weighted by atomic mass is 9.88. The maximum Gasteiger partial charge on any atom is 0.268 e. The fourth-order valence-corrected chi connectivity index (χ4v) is 2.42. The van der Waals surface area contributed by atoms with Gasteiger partial charge in [0.25, 0.3) is 5.91 Å². The van der Waals surface area contributed by atoms with Crippen LogP contribution in [0, 0.1) is 0 Å². The fourth-order valence-electron chi connectivity index (χ4n) is 2.42. The van der Waals surface area contributed by atoms with Crippen LogP contribution in [0.3, 0.4) is 0 Å². The van der Waals surface area contributed by atoms with Crippen LogP contribution in [0.1, 0.15) is 12.5 Å². The number of amides is 1. The predicted octanol–water partition coefficient (Wildman–Crippen LogP) is 0.912. The van der Waals surface area contributed by atoms with Gasteiger partial charge in [0, 0.05) is 13.1 Å². The number of hydrogen-bond donors (Lipinski definition) is 1. The summed E-state index contributed by atoms with van der Waals surface area (Å²) in [7, 11) is 1.45. The average molecular weight is 264 g/mol. The van der Waals surface area contributed by atoms with E-state index in [-0.39, 0.29) is 5.91 Å². The van der Waals surface area contributed by atoms with Crippen molar-refractivity contribution in [3.63, 3.8) is 0 Å². The van der Waals surface area contributed by atoms with Crippen molar-refractivity contribution < 1.29 is 14.4 Å². The summed E-state index contributed by atoms with van der Waals surface area (Å²) in [6.45, 7) is 4.65. The summed E-state index contributed by atoms with van der Waals surface area (Å²) < 4.78 is 5.37. The molecule has 1 aromatic rings. The largest absolute Gasteiger partial charge is 0.379 e. The molecule has 0 radical (unpaired) electrons. The SMILES string of the molecule is CONC(=O)C(C)(c1ccccc1)N1CCOCC1. The molecule has 0 saturated carbocycles. The van der Waals surface area contributed by atoms with Crippen molar-refractivity contribution in [2.45, 2.75) is 12.5 Å². The first kappa shape index (κ1) is 14.0. The van der Waals surface area contributed by atoms with Gasteiger partial charge in [0.1, 0.15) is 5.54 Å². The van der Waals surface area contributed by atoms with Gasteiger partial charge in [-0.05, 0) is 12.5 Å². The van der Waals surface area contributed by atoms with Gasteiger partial charge in [-0.3, -0.25) is 14.5 Å². The zero-order chi connectivity index (χ0) is 13.7. The average Bonchev–Trinajstić information content (AvgIpc) is 2.48. The number of ether oxygens (including phenoxy) is 1. The molecule has 0 bridgehead atoms. The van der Waals surface area contributed by atoms with Crippen LogP contribution < -0.4 is 5.48 Å². The van der Waals surface area contributed by atoms with Crippen molar-refractivity contribution in [2.75, 3.05) is 33.4 Å². The molecule has 5 heteroatoms. The topological polar surface area (TPSA) is 50.8 Å². The number of rotatable bonds is 4. The summed E-state index contributed by atoms with van der Waals surface area (Å²) in [5, 5.41) is 0. The molecule has 1 amide bonds. The lowest BCUT2D eigenvalue weighted by Crippen LogP contribution is -2.57. The third-order valence-electron chi connectivity index (χ3n) is 3.62. The van der Waals surface area contributed by atoms with Crippen molar-refractivity contribution in [3.8, 4) is 0 Å². The molecule has 1 aliphatic rings. The standard InChI is InChI=1S/C14H20N2O3/c1-14(13(17)15-18-2,12-6-4-3-5-7-12)16-8-10-19-11-9-16/h3-7H,8-11H2,1-2H3,(H,15,17). The fraction of sp³-hybridized carbons (Fsp3) is 0.500. The van der Waals surface area contributed by atoms with Crippen LogP contribution in [-0.4, -0.2) is 44.2 Å². The molecule has 19 heavy (non-hydrogen) atoms. The summed E-state index contributed by atoms with van der Waals surface area (Å²) in [6, 6.07) is 9.75. The van der Waals surface area contributed by atoms with Crippen LogP contribution >= 0.6 is 0 Å². The zero-order valence-corrected chi connectivity index (χ0v) is 11.4. The molecule has 1 atom stereocenters. The summed E-state index contributed by atoms with van der Waals surface area (Å²) in [6.07, 6.45) is 0. The number of hydroxylamine groups is 1. The van der Waals surface area contributed by atoms with E-state index in [0.29, 0.717) is 13.2 Å². The van der Waals surface area contributed by atoms with Gasteiger partial charge in [0.2, 0.25) is 0 Å². The van der Waals surface area contributed by atoms with Crippen LogP contribution in [-0.2, 0) is 19.9 Å². The van der Waals surface area contributed by atoms with Crippen LogP contribution in [0.15, 0.2) is 30.3 Å². The molecule has 1 aromatic carbocycles. The van der Waals surface area contributed by atoms with E-state index in [1.807, 2.05) is 37.3 Å². The molecule has 0 aromatic heterocycles. The Balaban J connectivity index is 2.34. The van der Waals surface area contributed by atoms with E-state index in [1.165, 1.54) is 7.11 Å². The van der Waals surface area contributed by atoms with Crippen molar-refractivity contribution in [1.29, 1.82) is 0 Å². The number of hydrogen-bond acceptors (Lipinski definition) is 4. The monoisotopic (exact) mass is 264 g/mol. The molecule has 1 aliphatic heterocycles. The van der Waals surface area contributed by atoms with Gasteiger partial charge in [0.15, 0.2) is 0 Å². The second-order valence-electron chi connectivity index (χ2n) is 4.67. The van der Waals surface area contributed by atoms with Crippen LogP contribution in [0.2, 0.25) is 0 Å². The lowest BCUT2D eigenvalue weighted by Gasteiger charge is -2.41. The second-order valence-corrected chi connectivity index (χ2v) is 4.67. The van der Waals surface area contributed by atoms with Gasteiger partial charge in [-0.15, -0.1) is 0 Å². The number of nitrogens with zero attached hydrogens (tertiary/aromatic N) is 1. The van der Waals surface area contributed by atoms with Crippen LogP contribution in [0.4, 0.5) is 0 Å². The van der Waals surface area contributed by atoms with E-state index in [1.54, 1.807) is 0 Å². The summed E-state index contributed by atoms with van der Waals surface area (Å²) >= 11 is 0. The normalized spacial score (nSPS) is 19.7. The zero-order valence-electron chi connectivity index (χ0n) is 11.4. The van der Waals surface area contributed by atoms with Crippen LogP contribution in [0.5, 0.6) is 0 Å². The Morgan fingerprint density at radius 2 is 1.95 bits per heavy atom. The Morgan fingerprint density at radius 1 is 1.32 bits per heavy atom. The molecule has 1 N–H and O–H groups in total. The van der Waals surface area contributed by atoms with Crippen molar-refractivity contribution in [3.05, 3.63) is 35.9 Å². The third kappa shape index (κ3) is 2.78.